The monoisotopic (exact) mass is 335 g/mol. The minimum absolute atomic E-state index is 0.0309. The third-order valence-electron chi connectivity index (χ3n) is 3.90. The summed E-state index contributed by atoms with van der Waals surface area (Å²) in [5.41, 5.74) is 3.24. The molecule has 128 valence electrons. The van der Waals surface area contributed by atoms with E-state index in [9.17, 15) is 4.79 Å². The maximum atomic E-state index is 11.9. The second-order valence-corrected chi connectivity index (χ2v) is 5.99. The number of hydrogen-bond acceptors (Lipinski definition) is 4. The van der Waals surface area contributed by atoms with Gasteiger partial charge in [0.05, 0.1) is 0 Å². The standard InChI is InChI=1S/C20H21N3O2/c1-15-10-12-16(13-11-15)14-21-18(24)8-5-9-19-22-20(23-25-19)17-6-3-2-4-7-17/h2-4,6-7,10-13H,5,8-9,14H2,1H3,(H,21,24). The van der Waals surface area contributed by atoms with Gasteiger partial charge in [-0.25, -0.2) is 0 Å². The number of nitrogens with zero attached hydrogens (tertiary/aromatic N) is 2. The quantitative estimate of drug-likeness (QED) is 0.715. The van der Waals surface area contributed by atoms with Gasteiger partial charge in [-0.1, -0.05) is 65.3 Å². The molecule has 0 aliphatic rings. The van der Waals surface area contributed by atoms with E-state index in [0.29, 0.717) is 37.5 Å². The molecule has 2 aromatic carbocycles. The van der Waals surface area contributed by atoms with Crippen LogP contribution in [0.2, 0.25) is 0 Å². The number of amides is 1. The van der Waals surface area contributed by atoms with Crippen LogP contribution < -0.4 is 5.32 Å². The van der Waals surface area contributed by atoms with Crippen LogP contribution in [-0.2, 0) is 17.8 Å². The first-order valence-electron chi connectivity index (χ1n) is 8.41. The van der Waals surface area contributed by atoms with Crippen LogP contribution >= 0.6 is 0 Å². The Hall–Kier alpha value is -2.95. The number of carbonyl (C=O) groups is 1. The van der Waals surface area contributed by atoms with Crippen molar-refractivity contribution in [3.63, 3.8) is 0 Å². The fraction of sp³-hybridized carbons (Fsp3) is 0.250. The van der Waals surface area contributed by atoms with Crippen LogP contribution in [0.25, 0.3) is 11.4 Å². The van der Waals surface area contributed by atoms with E-state index in [0.717, 1.165) is 11.1 Å². The Morgan fingerprint density at radius 1 is 1.08 bits per heavy atom. The van der Waals surface area contributed by atoms with Crippen LogP contribution in [0.5, 0.6) is 0 Å². The highest BCUT2D eigenvalue weighted by atomic mass is 16.5. The number of aryl methyl sites for hydroxylation is 2. The number of aromatic nitrogens is 2. The molecule has 0 spiro atoms. The molecule has 0 saturated carbocycles. The lowest BCUT2D eigenvalue weighted by Crippen LogP contribution is -2.22. The Kier molecular flexibility index (Phi) is 5.57. The van der Waals surface area contributed by atoms with E-state index < -0.39 is 0 Å². The number of carbonyl (C=O) groups excluding carboxylic acids is 1. The van der Waals surface area contributed by atoms with E-state index in [2.05, 4.69) is 15.5 Å². The minimum Gasteiger partial charge on any atom is -0.352 e. The maximum absolute atomic E-state index is 11.9. The zero-order chi connectivity index (χ0) is 17.5. The molecule has 0 radical (unpaired) electrons. The molecule has 1 N–H and O–H groups in total. The molecule has 1 amide bonds. The van der Waals surface area contributed by atoms with Crippen LogP contribution in [0.1, 0.15) is 29.9 Å². The summed E-state index contributed by atoms with van der Waals surface area (Å²) in [4.78, 5) is 16.3. The number of nitrogens with one attached hydrogen (secondary N) is 1. The van der Waals surface area contributed by atoms with E-state index in [1.165, 1.54) is 5.56 Å². The van der Waals surface area contributed by atoms with E-state index in [1.807, 2.05) is 61.5 Å². The van der Waals surface area contributed by atoms with Crippen molar-refractivity contribution in [3.05, 3.63) is 71.6 Å². The maximum Gasteiger partial charge on any atom is 0.226 e. The lowest BCUT2D eigenvalue weighted by molar-refractivity contribution is -0.121. The average molecular weight is 335 g/mol. The highest BCUT2D eigenvalue weighted by Crippen LogP contribution is 2.15. The second kappa shape index (κ2) is 8.24. The molecule has 5 nitrogen and oxygen atoms in total. The predicted octanol–water partition coefficient (Wildman–Crippen LogP) is 3.68. The molecule has 0 aliphatic carbocycles. The number of benzene rings is 2. The highest BCUT2D eigenvalue weighted by Gasteiger charge is 2.09. The lowest BCUT2D eigenvalue weighted by Gasteiger charge is -2.05. The third-order valence-corrected chi connectivity index (χ3v) is 3.90. The summed E-state index contributed by atoms with van der Waals surface area (Å²) in [6.07, 6.45) is 1.71. The van der Waals surface area contributed by atoms with Gasteiger partial charge in [-0.15, -0.1) is 0 Å². The van der Waals surface area contributed by atoms with Crippen molar-refractivity contribution in [2.24, 2.45) is 0 Å². The summed E-state index contributed by atoms with van der Waals surface area (Å²) in [7, 11) is 0. The zero-order valence-electron chi connectivity index (χ0n) is 14.2. The Labute approximate surface area is 147 Å². The van der Waals surface area contributed by atoms with Crippen molar-refractivity contribution in [2.75, 3.05) is 0 Å². The average Bonchev–Trinajstić information content (AvgIpc) is 3.11. The summed E-state index contributed by atoms with van der Waals surface area (Å²) in [6.45, 7) is 2.60. The van der Waals surface area contributed by atoms with Crippen molar-refractivity contribution in [2.45, 2.75) is 32.7 Å². The Bertz CT molecular complexity index is 810. The van der Waals surface area contributed by atoms with Gasteiger partial charge in [0.25, 0.3) is 0 Å². The SMILES string of the molecule is Cc1ccc(CNC(=O)CCCc2nc(-c3ccccc3)no2)cc1. The van der Waals surface area contributed by atoms with Gasteiger partial charge in [-0.3, -0.25) is 4.79 Å². The van der Waals surface area contributed by atoms with Crippen LogP contribution in [0.15, 0.2) is 59.1 Å². The molecule has 0 bridgehead atoms. The molecular weight excluding hydrogens is 314 g/mol. The van der Waals surface area contributed by atoms with E-state index >= 15 is 0 Å². The molecule has 0 unspecified atom stereocenters. The Morgan fingerprint density at radius 3 is 2.60 bits per heavy atom. The molecule has 25 heavy (non-hydrogen) atoms. The van der Waals surface area contributed by atoms with E-state index in [-0.39, 0.29) is 5.91 Å². The fourth-order valence-corrected chi connectivity index (χ4v) is 2.46. The number of hydrogen-bond donors (Lipinski definition) is 1. The largest absolute Gasteiger partial charge is 0.352 e. The second-order valence-electron chi connectivity index (χ2n) is 5.99. The van der Waals surface area contributed by atoms with Crippen LogP contribution in [0.3, 0.4) is 0 Å². The normalized spacial score (nSPS) is 10.6. The van der Waals surface area contributed by atoms with Crippen LogP contribution in [0.4, 0.5) is 0 Å². The van der Waals surface area contributed by atoms with Gasteiger partial charge in [0.1, 0.15) is 0 Å². The molecule has 0 aliphatic heterocycles. The van der Waals surface area contributed by atoms with Gasteiger partial charge in [-0.05, 0) is 18.9 Å². The van der Waals surface area contributed by atoms with Crippen molar-refractivity contribution in [3.8, 4) is 11.4 Å². The highest BCUT2D eigenvalue weighted by molar-refractivity contribution is 5.75. The van der Waals surface area contributed by atoms with Gasteiger partial charge in [-0.2, -0.15) is 4.98 Å². The lowest BCUT2D eigenvalue weighted by atomic mass is 10.1. The molecule has 0 saturated heterocycles. The minimum atomic E-state index is 0.0309. The Morgan fingerprint density at radius 2 is 1.84 bits per heavy atom. The van der Waals surface area contributed by atoms with Crippen molar-refractivity contribution < 1.29 is 9.32 Å². The Balaban J connectivity index is 1.41. The molecule has 3 aromatic rings. The summed E-state index contributed by atoms with van der Waals surface area (Å²) in [5, 5.41) is 6.91. The van der Waals surface area contributed by atoms with E-state index in [4.69, 9.17) is 4.52 Å². The van der Waals surface area contributed by atoms with Crippen LogP contribution in [-0.4, -0.2) is 16.0 Å². The van der Waals surface area contributed by atoms with Crippen LogP contribution in [0, 0.1) is 6.92 Å². The zero-order valence-corrected chi connectivity index (χ0v) is 14.2. The molecule has 1 aromatic heterocycles. The van der Waals surface area contributed by atoms with Gasteiger partial charge in [0.15, 0.2) is 0 Å². The van der Waals surface area contributed by atoms with E-state index in [1.54, 1.807) is 0 Å². The molecule has 3 rings (SSSR count). The first-order valence-corrected chi connectivity index (χ1v) is 8.41. The molecule has 1 heterocycles. The predicted molar refractivity (Wildman–Crippen MR) is 95.7 cm³/mol. The van der Waals surface area contributed by atoms with Gasteiger partial charge in [0, 0.05) is 24.9 Å². The summed E-state index contributed by atoms with van der Waals surface area (Å²) >= 11 is 0. The smallest absolute Gasteiger partial charge is 0.226 e. The third kappa shape index (κ3) is 5.01. The first kappa shape index (κ1) is 16.9. The van der Waals surface area contributed by atoms with Crippen molar-refractivity contribution >= 4 is 5.91 Å². The summed E-state index contributed by atoms with van der Waals surface area (Å²) in [6, 6.07) is 17.8. The molecular formula is C20H21N3O2. The topological polar surface area (TPSA) is 68.0 Å². The number of rotatable bonds is 7. The van der Waals surface area contributed by atoms with Crippen molar-refractivity contribution in [1.29, 1.82) is 0 Å². The van der Waals surface area contributed by atoms with Gasteiger partial charge < -0.3 is 9.84 Å². The summed E-state index contributed by atoms with van der Waals surface area (Å²) < 4.78 is 5.25. The molecule has 0 fully saturated rings. The molecule has 0 atom stereocenters. The first-order chi connectivity index (χ1) is 12.2. The van der Waals surface area contributed by atoms with Gasteiger partial charge >= 0.3 is 0 Å². The fourth-order valence-electron chi connectivity index (χ4n) is 2.46. The summed E-state index contributed by atoms with van der Waals surface area (Å²) in [5.74, 6) is 1.17. The molecule has 5 heteroatoms. The van der Waals surface area contributed by atoms with Crippen molar-refractivity contribution in [1.82, 2.24) is 15.5 Å². The van der Waals surface area contributed by atoms with Gasteiger partial charge in [0.2, 0.25) is 17.6 Å².